The van der Waals surface area contributed by atoms with E-state index in [4.69, 9.17) is 4.42 Å². The number of nitrogens with zero attached hydrogens (tertiary/aromatic N) is 2. The van der Waals surface area contributed by atoms with Crippen LogP contribution in [0.3, 0.4) is 0 Å². The Bertz CT molecular complexity index is 783. The highest BCUT2D eigenvalue weighted by Gasteiger charge is 2.29. The molecule has 0 atom stereocenters. The summed E-state index contributed by atoms with van der Waals surface area (Å²) in [5, 5.41) is 11.2. The Balaban J connectivity index is 1.41. The number of amides is 1. The molecule has 1 aromatic heterocycles. The molecule has 6 nitrogen and oxygen atoms in total. The van der Waals surface area contributed by atoms with E-state index >= 15 is 0 Å². The minimum absolute atomic E-state index is 0.0147. The van der Waals surface area contributed by atoms with E-state index in [0.717, 1.165) is 24.1 Å². The summed E-state index contributed by atoms with van der Waals surface area (Å²) in [7, 11) is 0. The Morgan fingerprint density at radius 3 is 3.00 bits per heavy atom. The Hall–Kier alpha value is -2.15. The average molecular weight is 329 g/mol. The number of hydrogen-bond donors (Lipinski definition) is 1. The predicted octanol–water partition coefficient (Wildman–Crippen LogP) is 2.81. The van der Waals surface area contributed by atoms with Gasteiger partial charge in [-0.15, -0.1) is 10.2 Å². The molecule has 1 aromatic carbocycles. The first-order valence-electron chi connectivity index (χ1n) is 7.61. The van der Waals surface area contributed by atoms with Crippen LogP contribution in [0.25, 0.3) is 0 Å². The number of aryl methyl sites for hydroxylation is 1. The van der Waals surface area contributed by atoms with Crippen LogP contribution in [0.15, 0.2) is 27.8 Å². The van der Waals surface area contributed by atoms with Gasteiger partial charge in [0.25, 0.3) is 5.22 Å². The van der Waals surface area contributed by atoms with Gasteiger partial charge < -0.3 is 9.73 Å². The minimum atomic E-state index is 0.0147. The normalized spacial score (nSPS) is 16.8. The average Bonchev–Trinajstić information content (AvgIpc) is 3.31. The van der Waals surface area contributed by atoms with Gasteiger partial charge in [-0.1, -0.05) is 11.8 Å². The van der Waals surface area contributed by atoms with Crippen molar-refractivity contribution in [3.8, 4) is 0 Å². The van der Waals surface area contributed by atoms with Gasteiger partial charge in [-0.2, -0.15) is 0 Å². The van der Waals surface area contributed by atoms with E-state index in [1.54, 1.807) is 12.1 Å². The lowest BCUT2D eigenvalue weighted by Crippen LogP contribution is -2.19. The molecule has 1 N–H and O–H groups in total. The zero-order valence-electron chi connectivity index (χ0n) is 12.4. The molecule has 1 amide bonds. The number of benzene rings is 1. The molecule has 0 radical (unpaired) electrons. The molecule has 2 heterocycles. The molecule has 1 fully saturated rings. The second kappa shape index (κ2) is 5.81. The molecule has 1 aliphatic heterocycles. The van der Waals surface area contributed by atoms with Crippen LogP contribution in [0.5, 0.6) is 0 Å². The smallest absolute Gasteiger partial charge is 0.277 e. The summed E-state index contributed by atoms with van der Waals surface area (Å²) >= 11 is 1.27. The summed E-state index contributed by atoms with van der Waals surface area (Å²) in [6, 6.07) is 5.40. The van der Waals surface area contributed by atoms with E-state index in [1.165, 1.54) is 11.8 Å². The Labute approximate surface area is 137 Å². The second-order valence-corrected chi connectivity index (χ2v) is 6.74. The number of anilines is 1. The number of hydrogen-bond acceptors (Lipinski definition) is 6. The summed E-state index contributed by atoms with van der Waals surface area (Å²) in [5.74, 6) is 1.40. The third-order valence-electron chi connectivity index (χ3n) is 4.00. The molecule has 0 spiro atoms. The summed E-state index contributed by atoms with van der Waals surface area (Å²) in [6.07, 6.45) is 3.35. The number of Topliss-reactive ketones (excluding diaryl/α,β-unsaturated/α-hetero) is 1. The number of aromatic nitrogens is 2. The zero-order chi connectivity index (χ0) is 15.8. The molecule has 2 aromatic rings. The maximum Gasteiger partial charge on any atom is 0.277 e. The highest BCUT2D eigenvalue weighted by Crippen LogP contribution is 2.39. The molecule has 0 bridgehead atoms. The number of fused-ring (bicyclic) bond motifs is 1. The molecule has 0 unspecified atom stereocenters. The maximum atomic E-state index is 12.3. The number of nitrogens with one attached hydrogen (secondary N) is 1. The van der Waals surface area contributed by atoms with Gasteiger partial charge in [-0.3, -0.25) is 9.59 Å². The van der Waals surface area contributed by atoms with Crippen LogP contribution in [0, 0.1) is 0 Å². The first kappa shape index (κ1) is 14.4. The molecule has 23 heavy (non-hydrogen) atoms. The molecule has 118 valence electrons. The molecule has 7 heteroatoms. The number of carbonyl (C=O) groups excluding carboxylic acids is 2. The van der Waals surface area contributed by atoms with Crippen molar-refractivity contribution in [2.24, 2.45) is 0 Å². The van der Waals surface area contributed by atoms with Crippen LogP contribution in [0.2, 0.25) is 0 Å². The SMILES string of the molecule is O=C1CCc2cc(C(=O)CSc3nnc(C4CC4)o3)ccc2N1. The summed E-state index contributed by atoms with van der Waals surface area (Å²) in [4.78, 5) is 23.7. The van der Waals surface area contributed by atoms with Gasteiger partial charge in [0.15, 0.2) is 5.78 Å². The van der Waals surface area contributed by atoms with E-state index in [0.29, 0.717) is 35.4 Å². The monoisotopic (exact) mass is 329 g/mol. The van der Waals surface area contributed by atoms with Crippen LogP contribution in [-0.4, -0.2) is 27.6 Å². The molecule has 2 aliphatic rings. The molecular formula is C16H15N3O3S. The lowest BCUT2D eigenvalue weighted by atomic mass is 9.99. The molecular weight excluding hydrogens is 314 g/mol. The number of ketones is 1. The molecule has 4 rings (SSSR count). The summed E-state index contributed by atoms with van der Waals surface area (Å²) < 4.78 is 5.54. The fraction of sp³-hybridized carbons (Fsp3) is 0.375. The van der Waals surface area contributed by atoms with Gasteiger partial charge in [0.05, 0.1) is 5.75 Å². The third kappa shape index (κ3) is 3.14. The minimum Gasteiger partial charge on any atom is -0.416 e. The first-order valence-corrected chi connectivity index (χ1v) is 8.60. The third-order valence-corrected chi connectivity index (χ3v) is 4.82. The number of carbonyl (C=O) groups is 2. The highest BCUT2D eigenvalue weighted by atomic mass is 32.2. The predicted molar refractivity (Wildman–Crippen MR) is 84.7 cm³/mol. The van der Waals surface area contributed by atoms with Crippen molar-refractivity contribution in [2.45, 2.75) is 36.8 Å². The van der Waals surface area contributed by atoms with Crippen molar-refractivity contribution in [2.75, 3.05) is 11.1 Å². The van der Waals surface area contributed by atoms with E-state index in [9.17, 15) is 9.59 Å². The Kier molecular flexibility index (Phi) is 3.65. The van der Waals surface area contributed by atoms with E-state index < -0.39 is 0 Å². The largest absolute Gasteiger partial charge is 0.416 e. The Morgan fingerprint density at radius 2 is 2.17 bits per heavy atom. The standard InChI is InChI=1S/C16H15N3O3S/c20-13(8-23-16-19-18-15(22-16)9-1-2-9)11-3-5-12-10(7-11)4-6-14(21)17-12/h3,5,7,9H,1-2,4,6,8H2,(H,17,21). The van der Waals surface area contributed by atoms with E-state index in [1.807, 2.05) is 6.07 Å². The van der Waals surface area contributed by atoms with Gasteiger partial charge >= 0.3 is 0 Å². The lowest BCUT2D eigenvalue weighted by molar-refractivity contribution is -0.116. The van der Waals surface area contributed by atoms with Crippen molar-refractivity contribution in [3.63, 3.8) is 0 Å². The van der Waals surface area contributed by atoms with E-state index in [-0.39, 0.29) is 17.4 Å². The summed E-state index contributed by atoms with van der Waals surface area (Å²) in [6.45, 7) is 0. The summed E-state index contributed by atoms with van der Waals surface area (Å²) in [5.41, 5.74) is 2.46. The second-order valence-electron chi connectivity index (χ2n) is 5.81. The lowest BCUT2D eigenvalue weighted by Gasteiger charge is -2.17. The maximum absolute atomic E-state index is 12.3. The fourth-order valence-corrected chi connectivity index (χ4v) is 3.21. The quantitative estimate of drug-likeness (QED) is 0.670. The number of thioether (sulfide) groups is 1. The van der Waals surface area contributed by atoms with E-state index in [2.05, 4.69) is 15.5 Å². The van der Waals surface area contributed by atoms with Gasteiger partial charge in [0, 0.05) is 23.6 Å². The van der Waals surface area contributed by atoms with Crippen LogP contribution >= 0.6 is 11.8 Å². The van der Waals surface area contributed by atoms with Crippen molar-refractivity contribution < 1.29 is 14.0 Å². The van der Waals surface area contributed by atoms with Crippen molar-refractivity contribution in [1.29, 1.82) is 0 Å². The fourth-order valence-electron chi connectivity index (χ4n) is 2.54. The van der Waals surface area contributed by atoms with Gasteiger partial charge in [-0.25, -0.2) is 0 Å². The van der Waals surface area contributed by atoms with Crippen LogP contribution in [0.1, 0.15) is 47.0 Å². The van der Waals surface area contributed by atoms with Crippen LogP contribution in [0.4, 0.5) is 5.69 Å². The highest BCUT2D eigenvalue weighted by molar-refractivity contribution is 7.99. The topological polar surface area (TPSA) is 85.1 Å². The molecule has 1 aliphatic carbocycles. The zero-order valence-corrected chi connectivity index (χ0v) is 13.2. The van der Waals surface area contributed by atoms with Crippen LogP contribution in [-0.2, 0) is 11.2 Å². The van der Waals surface area contributed by atoms with Crippen molar-refractivity contribution >= 4 is 29.1 Å². The van der Waals surface area contributed by atoms with Crippen molar-refractivity contribution in [3.05, 3.63) is 35.2 Å². The van der Waals surface area contributed by atoms with Crippen LogP contribution < -0.4 is 5.32 Å². The first-order chi connectivity index (χ1) is 11.2. The van der Waals surface area contributed by atoms with Gasteiger partial charge in [0.2, 0.25) is 11.8 Å². The molecule has 0 saturated heterocycles. The van der Waals surface area contributed by atoms with Gasteiger partial charge in [0.1, 0.15) is 0 Å². The molecule has 1 saturated carbocycles. The number of rotatable bonds is 5. The van der Waals surface area contributed by atoms with Gasteiger partial charge in [-0.05, 0) is 43.0 Å². The Morgan fingerprint density at radius 1 is 1.30 bits per heavy atom. The van der Waals surface area contributed by atoms with Crippen molar-refractivity contribution in [1.82, 2.24) is 10.2 Å².